The van der Waals surface area contributed by atoms with Crippen molar-refractivity contribution in [3.05, 3.63) is 90.1 Å². The minimum atomic E-state index is -1.20. The van der Waals surface area contributed by atoms with E-state index in [1.165, 1.54) is 19.4 Å². The zero-order chi connectivity index (χ0) is 29.4. The fourth-order valence-electron chi connectivity index (χ4n) is 4.46. The van der Waals surface area contributed by atoms with Gasteiger partial charge in [0.2, 0.25) is 17.7 Å². The Kier molecular flexibility index (Phi) is 9.48. The van der Waals surface area contributed by atoms with E-state index in [9.17, 15) is 24.3 Å². The number of imidazole rings is 1. The number of aliphatic carboxylic acids is 1. The summed E-state index contributed by atoms with van der Waals surface area (Å²) in [5, 5.41) is 18.3. The van der Waals surface area contributed by atoms with Crippen molar-refractivity contribution in [2.75, 3.05) is 0 Å². The molecule has 0 fully saturated rings. The molecule has 2 heterocycles. The molecule has 0 aliphatic heterocycles. The molecule has 12 heteroatoms. The fraction of sp³-hybridized carbons (Fsp3) is 0.276. The normalized spacial score (nSPS) is 14.0. The number of aromatic amines is 2. The molecule has 8 N–H and O–H groups in total. The van der Waals surface area contributed by atoms with Crippen LogP contribution >= 0.6 is 0 Å². The van der Waals surface area contributed by atoms with Crippen LogP contribution in [0.3, 0.4) is 0 Å². The van der Waals surface area contributed by atoms with Crippen LogP contribution in [0.4, 0.5) is 0 Å². The van der Waals surface area contributed by atoms with Gasteiger partial charge in [0, 0.05) is 41.8 Å². The van der Waals surface area contributed by atoms with Crippen LogP contribution in [0, 0.1) is 0 Å². The summed E-state index contributed by atoms with van der Waals surface area (Å²) in [6, 6.07) is 12.3. The Hall–Kier alpha value is -4.97. The monoisotopic (exact) mass is 559 g/mol. The zero-order valence-electron chi connectivity index (χ0n) is 22.5. The number of carbonyl (C=O) groups is 4. The number of benzene rings is 2. The third kappa shape index (κ3) is 7.79. The second kappa shape index (κ2) is 13.4. The first-order valence-corrected chi connectivity index (χ1v) is 13.2. The van der Waals surface area contributed by atoms with Gasteiger partial charge in [-0.05, 0) is 30.5 Å². The second-order valence-electron chi connectivity index (χ2n) is 9.83. The first kappa shape index (κ1) is 29.0. The number of hydrogen-bond acceptors (Lipinski definition) is 6. The average Bonchev–Trinajstić information content (AvgIpc) is 3.62. The highest BCUT2D eigenvalue weighted by molar-refractivity contribution is 5.94. The van der Waals surface area contributed by atoms with Crippen molar-refractivity contribution in [1.29, 1.82) is 0 Å². The Bertz CT molecular complexity index is 1490. The van der Waals surface area contributed by atoms with Crippen LogP contribution in [0.5, 0.6) is 0 Å². The zero-order valence-corrected chi connectivity index (χ0v) is 22.5. The van der Waals surface area contributed by atoms with Gasteiger partial charge >= 0.3 is 5.97 Å². The molecule has 12 nitrogen and oxygen atoms in total. The lowest BCUT2D eigenvalue weighted by Crippen LogP contribution is -2.57. The van der Waals surface area contributed by atoms with Crippen molar-refractivity contribution >= 4 is 34.6 Å². The van der Waals surface area contributed by atoms with Crippen molar-refractivity contribution in [1.82, 2.24) is 30.9 Å². The molecule has 41 heavy (non-hydrogen) atoms. The number of para-hydroxylation sites is 1. The number of carboxylic acid groups (broad SMARTS) is 1. The fourth-order valence-corrected chi connectivity index (χ4v) is 4.46. The maximum Gasteiger partial charge on any atom is 0.326 e. The minimum Gasteiger partial charge on any atom is -0.480 e. The number of fused-ring (bicyclic) bond motifs is 1. The number of hydrogen-bond donors (Lipinski definition) is 7. The number of carboxylic acids is 1. The van der Waals surface area contributed by atoms with Crippen LogP contribution in [0.2, 0.25) is 0 Å². The Morgan fingerprint density at radius 1 is 0.854 bits per heavy atom. The molecule has 4 atom stereocenters. The number of rotatable bonds is 13. The van der Waals surface area contributed by atoms with Gasteiger partial charge in [-0.15, -0.1) is 0 Å². The van der Waals surface area contributed by atoms with Gasteiger partial charge in [-0.2, -0.15) is 0 Å². The van der Waals surface area contributed by atoms with Gasteiger partial charge in [0.15, 0.2) is 0 Å². The Balaban J connectivity index is 1.39. The van der Waals surface area contributed by atoms with Gasteiger partial charge in [-0.3, -0.25) is 14.4 Å². The molecule has 0 saturated carbocycles. The van der Waals surface area contributed by atoms with Crippen LogP contribution < -0.4 is 21.7 Å². The van der Waals surface area contributed by atoms with E-state index in [1.54, 1.807) is 30.5 Å². The summed E-state index contributed by atoms with van der Waals surface area (Å²) in [4.78, 5) is 60.9. The van der Waals surface area contributed by atoms with E-state index in [-0.39, 0.29) is 19.3 Å². The van der Waals surface area contributed by atoms with Crippen LogP contribution in [0.15, 0.2) is 73.3 Å². The largest absolute Gasteiger partial charge is 0.480 e. The van der Waals surface area contributed by atoms with Crippen molar-refractivity contribution in [2.45, 2.75) is 50.4 Å². The Morgan fingerprint density at radius 2 is 1.56 bits per heavy atom. The third-order valence-electron chi connectivity index (χ3n) is 6.71. The molecule has 4 aromatic rings. The highest BCUT2D eigenvalue weighted by Gasteiger charge is 2.29. The highest BCUT2D eigenvalue weighted by Crippen LogP contribution is 2.19. The first-order valence-electron chi connectivity index (χ1n) is 13.2. The summed E-state index contributed by atoms with van der Waals surface area (Å²) in [5.74, 6) is -3.05. The van der Waals surface area contributed by atoms with Crippen LogP contribution in [-0.2, 0) is 38.4 Å². The van der Waals surface area contributed by atoms with E-state index >= 15 is 0 Å². The maximum absolute atomic E-state index is 13.2. The summed E-state index contributed by atoms with van der Waals surface area (Å²) in [6.45, 7) is 1.44. The van der Waals surface area contributed by atoms with Crippen molar-refractivity contribution in [3.8, 4) is 0 Å². The van der Waals surface area contributed by atoms with E-state index < -0.39 is 47.9 Å². The number of aromatic nitrogens is 3. The predicted octanol–water partition coefficient (Wildman–Crippen LogP) is 0.805. The molecular formula is C29H33N7O5. The van der Waals surface area contributed by atoms with E-state index in [2.05, 4.69) is 30.9 Å². The van der Waals surface area contributed by atoms with E-state index in [4.69, 9.17) is 5.73 Å². The minimum absolute atomic E-state index is 0.0669. The van der Waals surface area contributed by atoms with Gasteiger partial charge in [0.25, 0.3) is 0 Å². The number of H-pyrrole nitrogens is 2. The first-order chi connectivity index (χ1) is 19.7. The van der Waals surface area contributed by atoms with Crippen molar-refractivity contribution in [2.24, 2.45) is 5.73 Å². The highest BCUT2D eigenvalue weighted by atomic mass is 16.4. The maximum atomic E-state index is 13.2. The van der Waals surface area contributed by atoms with Gasteiger partial charge in [-0.25, -0.2) is 9.78 Å². The molecular weight excluding hydrogens is 526 g/mol. The lowest BCUT2D eigenvalue weighted by atomic mass is 10.0. The summed E-state index contributed by atoms with van der Waals surface area (Å²) in [5.41, 5.74) is 9.33. The SMILES string of the molecule is CC(NC(=O)C(Cc1cnc[nH]1)NC(=O)C(N)Cc1c[nH]c2ccccc12)C(=O)NC(Cc1ccccc1)C(=O)O. The number of amides is 3. The predicted molar refractivity (Wildman–Crippen MR) is 152 cm³/mol. The Labute approximate surface area is 236 Å². The van der Waals surface area contributed by atoms with Gasteiger partial charge < -0.3 is 36.8 Å². The molecule has 4 unspecified atom stereocenters. The van der Waals surface area contributed by atoms with Gasteiger partial charge in [-0.1, -0.05) is 48.5 Å². The number of nitrogens with zero attached hydrogens (tertiary/aromatic N) is 1. The molecule has 3 amide bonds. The quantitative estimate of drug-likeness (QED) is 0.126. The lowest BCUT2D eigenvalue weighted by Gasteiger charge is -2.23. The Morgan fingerprint density at radius 3 is 2.27 bits per heavy atom. The van der Waals surface area contributed by atoms with Crippen LogP contribution in [0.25, 0.3) is 10.9 Å². The average molecular weight is 560 g/mol. The topological polar surface area (TPSA) is 195 Å². The number of nitrogens with one attached hydrogen (secondary N) is 5. The molecule has 0 aliphatic carbocycles. The summed E-state index contributed by atoms with van der Waals surface area (Å²) >= 11 is 0. The molecule has 0 radical (unpaired) electrons. The molecule has 0 aliphatic rings. The van der Waals surface area contributed by atoms with Crippen LogP contribution in [0.1, 0.15) is 23.7 Å². The van der Waals surface area contributed by atoms with E-state index in [0.29, 0.717) is 5.69 Å². The summed E-state index contributed by atoms with van der Waals surface area (Å²) in [7, 11) is 0. The smallest absolute Gasteiger partial charge is 0.326 e. The molecule has 0 spiro atoms. The lowest BCUT2D eigenvalue weighted by molar-refractivity contribution is -0.142. The summed E-state index contributed by atoms with van der Waals surface area (Å²) < 4.78 is 0. The molecule has 2 aromatic heterocycles. The van der Waals surface area contributed by atoms with Crippen LogP contribution in [-0.4, -0.2) is 67.9 Å². The van der Waals surface area contributed by atoms with Crippen molar-refractivity contribution in [3.63, 3.8) is 0 Å². The molecule has 214 valence electrons. The standard InChI is InChI=1S/C29H33N7O5/c1-17(26(37)36-25(29(40)41)11-18-7-3-2-4-8-18)34-28(39)24(13-20-15-31-16-33-20)35-27(38)22(30)12-19-14-32-23-10-6-5-9-21(19)23/h2-10,14-17,22,24-25,32H,11-13,30H2,1H3,(H,31,33)(H,34,39)(H,35,38)(H,36,37)(H,40,41). The molecule has 2 aromatic carbocycles. The number of nitrogens with two attached hydrogens (primary N) is 1. The second-order valence-corrected chi connectivity index (χ2v) is 9.83. The number of carbonyl (C=O) groups excluding carboxylic acids is 3. The third-order valence-corrected chi connectivity index (χ3v) is 6.71. The van der Waals surface area contributed by atoms with Gasteiger partial charge in [0.05, 0.1) is 12.4 Å². The van der Waals surface area contributed by atoms with E-state index in [1.807, 2.05) is 30.3 Å². The van der Waals surface area contributed by atoms with Gasteiger partial charge in [0.1, 0.15) is 18.1 Å². The molecule has 0 bridgehead atoms. The molecule has 0 saturated heterocycles. The van der Waals surface area contributed by atoms with Crippen molar-refractivity contribution < 1.29 is 24.3 Å². The summed E-state index contributed by atoms with van der Waals surface area (Å²) in [6.07, 6.45) is 5.16. The molecule has 4 rings (SSSR count). The van der Waals surface area contributed by atoms with E-state index in [0.717, 1.165) is 22.0 Å².